The van der Waals surface area contributed by atoms with E-state index in [1.165, 1.54) is 43.8 Å². The van der Waals surface area contributed by atoms with Gasteiger partial charge in [0.15, 0.2) is 0 Å². The molecule has 2 heteroatoms. The molecule has 0 aliphatic heterocycles. The Kier molecular flexibility index (Phi) is 10.9. The van der Waals surface area contributed by atoms with Crippen molar-refractivity contribution in [2.24, 2.45) is 0 Å². The van der Waals surface area contributed by atoms with Gasteiger partial charge in [0.25, 0.3) is 0 Å². The Morgan fingerprint density at radius 2 is 1.07 bits per heavy atom. The van der Waals surface area contributed by atoms with Crippen molar-refractivity contribution in [3.63, 3.8) is 0 Å². The molecule has 0 saturated carbocycles. The molecule has 0 fully saturated rings. The van der Waals surface area contributed by atoms with Crippen molar-refractivity contribution in [3.8, 4) is 0 Å². The molecule has 4 aromatic carbocycles. The average Bonchev–Trinajstić information content (AvgIpc) is 3.22. The summed E-state index contributed by atoms with van der Waals surface area (Å²) in [7, 11) is 1.08. The number of benzene rings is 2. The molecule has 4 rings (SSSR count). The number of hydrogen-bond acceptors (Lipinski definition) is 0. The molecule has 4 aromatic rings. The summed E-state index contributed by atoms with van der Waals surface area (Å²) in [5.41, 5.74) is 5.65. The smallest absolute Gasteiger partial charge is 0.165 e. The molecule has 0 aliphatic rings. The summed E-state index contributed by atoms with van der Waals surface area (Å²) in [6, 6.07) is 22.1. The first-order valence-corrected chi connectivity index (χ1v) is 11.9. The Hall–Kier alpha value is -1.24. The molecular weight excluding hydrogens is 432 g/mol. The molecule has 0 aliphatic carbocycles. The average molecular weight is 464 g/mol. The summed E-state index contributed by atoms with van der Waals surface area (Å²) < 4.78 is 0. The van der Waals surface area contributed by atoms with Crippen LogP contribution in [0.5, 0.6) is 0 Å². The van der Waals surface area contributed by atoms with Crippen LogP contribution in [0, 0.1) is 13.8 Å². The molecule has 0 spiro atoms. The van der Waals surface area contributed by atoms with Crippen molar-refractivity contribution in [3.05, 3.63) is 82.9 Å². The number of fused-ring (bicyclic) bond motifs is 2. The van der Waals surface area contributed by atoms with Crippen LogP contribution in [0.1, 0.15) is 36.1 Å². The molecule has 144 valence electrons. The number of aryl methyl sites for hydroxylation is 4. The maximum Gasteiger partial charge on any atom is 2.00 e. The third-order valence-electron chi connectivity index (χ3n) is 4.73. The second-order valence-corrected chi connectivity index (χ2v) is 8.11. The van der Waals surface area contributed by atoms with Gasteiger partial charge in [-0.2, -0.15) is 12.1 Å². The van der Waals surface area contributed by atoms with Gasteiger partial charge in [0.1, 0.15) is 0 Å². The topological polar surface area (TPSA) is 0 Å². The molecule has 0 N–H and O–H groups in total. The predicted octanol–water partition coefficient (Wildman–Crippen LogP) is 7.64. The van der Waals surface area contributed by atoms with E-state index < -0.39 is 0 Å². The van der Waals surface area contributed by atoms with Gasteiger partial charge in [-0.15, -0.1) is 69.1 Å². The maximum atomic E-state index is 2.27. The Morgan fingerprint density at radius 3 is 1.39 bits per heavy atom. The van der Waals surface area contributed by atoms with Crippen LogP contribution in [0.4, 0.5) is 0 Å². The van der Waals surface area contributed by atoms with Crippen LogP contribution in [0.2, 0.25) is 13.1 Å². The Labute approximate surface area is 193 Å². The van der Waals surface area contributed by atoms with Crippen molar-refractivity contribution in [1.29, 1.82) is 0 Å². The third kappa shape index (κ3) is 6.39. The molecule has 0 aromatic heterocycles. The van der Waals surface area contributed by atoms with E-state index in [2.05, 4.69) is 101 Å². The minimum Gasteiger partial charge on any atom is -0.165 e. The Bertz CT molecular complexity index is 895. The first kappa shape index (κ1) is 24.8. The van der Waals surface area contributed by atoms with Gasteiger partial charge in [-0.05, 0) is 12.8 Å². The van der Waals surface area contributed by atoms with Crippen LogP contribution >= 0.6 is 0 Å². The quantitative estimate of drug-likeness (QED) is 0.211. The van der Waals surface area contributed by atoms with Crippen LogP contribution in [0.15, 0.2) is 60.7 Å². The summed E-state index contributed by atoms with van der Waals surface area (Å²) in [4.78, 5) is 0. The second kappa shape index (κ2) is 12.3. The number of hydrogen-bond donors (Lipinski definition) is 0. The molecule has 0 amide bonds. The van der Waals surface area contributed by atoms with E-state index in [9.17, 15) is 0 Å². The Morgan fingerprint density at radius 1 is 0.714 bits per heavy atom. The number of rotatable bonds is 2. The summed E-state index contributed by atoms with van der Waals surface area (Å²) in [5.74, 6) is 0. The van der Waals surface area contributed by atoms with E-state index in [0.717, 1.165) is 22.4 Å². The third-order valence-corrected chi connectivity index (χ3v) is 4.73. The van der Waals surface area contributed by atoms with Crippen LogP contribution in [0.25, 0.3) is 21.5 Å². The predicted molar refractivity (Wildman–Crippen MR) is 125 cm³/mol. The zero-order valence-corrected chi connectivity index (χ0v) is 21.6. The largest absolute Gasteiger partial charge is 2.00 e. The molecule has 0 bridgehead atoms. The van der Waals surface area contributed by atoms with Crippen LogP contribution in [-0.2, 0) is 39.0 Å². The molecule has 0 atom stereocenters. The SMILES string of the molecule is CCc1cccc2[cH-]c(C)cc12.CCc1cccc2[cH-]c(C)cc12.C[Si]C.[Zr+2]. The molecule has 28 heavy (non-hydrogen) atoms. The van der Waals surface area contributed by atoms with E-state index in [1.54, 1.807) is 0 Å². The summed E-state index contributed by atoms with van der Waals surface area (Å²) in [6.45, 7) is 13.0. The van der Waals surface area contributed by atoms with Gasteiger partial charge < -0.3 is 0 Å². The second-order valence-electron chi connectivity index (χ2n) is 7.11. The normalized spacial score (nSPS) is 9.93. The van der Waals surface area contributed by atoms with Gasteiger partial charge in [0.2, 0.25) is 0 Å². The van der Waals surface area contributed by atoms with Gasteiger partial charge in [0.05, 0.1) is 0 Å². The van der Waals surface area contributed by atoms with Crippen LogP contribution in [0.3, 0.4) is 0 Å². The minimum absolute atomic E-state index is 0. The van der Waals surface area contributed by atoms with E-state index in [1.807, 2.05) is 0 Å². The Balaban J connectivity index is 0.000000239. The van der Waals surface area contributed by atoms with Crippen molar-refractivity contribution in [2.45, 2.75) is 53.6 Å². The zero-order valence-electron chi connectivity index (χ0n) is 18.2. The molecule has 0 saturated heterocycles. The maximum absolute atomic E-state index is 2.27. The molecule has 2 radical (unpaired) electrons. The fourth-order valence-electron chi connectivity index (χ4n) is 3.52. The fourth-order valence-corrected chi connectivity index (χ4v) is 3.52. The van der Waals surface area contributed by atoms with Crippen LogP contribution < -0.4 is 0 Å². The van der Waals surface area contributed by atoms with Gasteiger partial charge in [0, 0.05) is 9.52 Å². The summed E-state index contributed by atoms with van der Waals surface area (Å²) in [5, 5.41) is 5.62. The molecule has 0 heterocycles. The van der Waals surface area contributed by atoms with Gasteiger partial charge in [-0.1, -0.05) is 64.0 Å². The molecule has 0 nitrogen and oxygen atoms in total. The molecular formula is C26H32SiZr. The minimum atomic E-state index is 0. The fraction of sp³-hybridized carbons (Fsp3) is 0.308. The van der Waals surface area contributed by atoms with Crippen molar-refractivity contribution < 1.29 is 26.2 Å². The van der Waals surface area contributed by atoms with Gasteiger partial charge in [-0.25, -0.2) is 0 Å². The van der Waals surface area contributed by atoms with E-state index in [-0.39, 0.29) is 26.2 Å². The van der Waals surface area contributed by atoms with E-state index >= 15 is 0 Å². The summed E-state index contributed by atoms with van der Waals surface area (Å²) >= 11 is 0. The van der Waals surface area contributed by atoms with Gasteiger partial charge >= 0.3 is 26.2 Å². The van der Waals surface area contributed by atoms with Crippen molar-refractivity contribution in [2.75, 3.05) is 0 Å². The standard InChI is InChI=1S/2C12H13.C2H6Si.Zr/c2*1-3-10-5-4-6-11-7-9(2)8-12(10)11;1-3-2;/h2*4-8H,3H2,1-2H3;1-2H3;/q2*-1;;+2. The van der Waals surface area contributed by atoms with E-state index in [4.69, 9.17) is 0 Å². The monoisotopic (exact) mass is 462 g/mol. The van der Waals surface area contributed by atoms with Crippen molar-refractivity contribution >= 4 is 31.1 Å². The zero-order chi connectivity index (χ0) is 19.8. The van der Waals surface area contributed by atoms with E-state index in [0.29, 0.717) is 0 Å². The van der Waals surface area contributed by atoms with Gasteiger partial charge in [-0.3, -0.25) is 0 Å². The molecule has 0 unspecified atom stereocenters. The van der Waals surface area contributed by atoms with Crippen LogP contribution in [-0.4, -0.2) is 9.52 Å². The first-order chi connectivity index (χ1) is 13.0. The summed E-state index contributed by atoms with van der Waals surface area (Å²) in [6.07, 6.45) is 2.25. The first-order valence-electron chi connectivity index (χ1n) is 9.92. The van der Waals surface area contributed by atoms with Crippen molar-refractivity contribution in [1.82, 2.24) is 0 Å².